The minimum Gasteiger partial charge on any atom is -0.490 e. The van der Waals surface area contributed by atoms with Crippen molar-refractivity contribution >= 4 is 10.8 Å². The minimum atomic E-state index is 0.301. The highest BCUT2D eigenvalue weighted by Gasteiger charge is 2.23. The molecule has 1 saturated heterocycles. The molecule has 2 aromatic rings. The van der Waals surface area contributed by atoms with Crippen LogP contribution in [0.15, 0.2) is 30.3 Å². The molecule has 3 rings (SSSR count). The zero-order valence-corrected chi connectivity index (χ0v) is 10.2. The molecule has 88 valence electrons. The van der Waals surface area contributed by atoms with Gasteiger partial charge in [-0.25, -0.2) is 0 Å². The van der Waals surface area contributed by atoms with Gasteiger partial charge in [0, 0.05) is 5.39 Å². The maximum absolute atomic E-state index is 5.85. The summed E-state index contributed by atoms with van der Waals surface area (Å²) in [6, 6.07) is 10.6. The van der Waals surface area contributed by atoms with Crippen LogP contribution in [-0.2, 0) is 4.74 Å². The molecule has 1 fully saturated rings. The first-order valence-corrected chi connectivity index (χ1v) is 5.99. The molecule has 1 heterocycles. The molecule has 0 aliphatic carbocycles. The van der Waals surface area contributed by atoms with Crippen molar-refractivity contribution in [1.29, 1.82) is 0 Å². The quantitative estimate of drug-likeness (QED) is 0.752. The molecule has 0 bridgehead atoms. The molecule has 0 spiro atoms. The van der Waals surface area contributed by atoms with E-state index in [1.54, 1.807) is 0 Å². The summed E-state index contributed by atoms with van der Waals surface area (Å²) in [4.78, 5) is 0. The fourth-order valence-electron chi connectivity index (χ4n) is 2.16. The van der Waals surface area contributed by atoms with Crippen molar-refractivity contribution < 1.29 is 9.47 Å². The Hall–Kier alpha value is -1.54. The Morgan fingerprint density at radius 1 is 1.18 bits per heavy atom. The van der Waals surface area contributed by atoms with E-state index in [1.807, 2.05) is 0 Å². The van der Waals surface area contributed by atoms with E-state index in [0.717, 1.165) is 12.4 Å². The van der Waals surface area contributed by atoms with E-state index in [9.17, 15) is 0 Å². The zero-order chi connectivity index (χ0) is 11.8. The number of rotatable bonds is 3. The van der Waals surface area contributed by atoms with Crippen LogP contribution < -0.4 is 4.74 Å². The SMILES string of the molecule is Cc1ccc(OCC2CO2)c2c(C)cccc12. The molecule has 2 nitrogen and oxygen atoms in total. The monoisotopic (exact) mass is 228 g/mol. The average Bonchev–Trinajstić information content (AvgIpc) is 3.13. The van der Waals surface area contributed by atoms with E-state index in [4.69, 9.17) is 9.47 Å². The molecule has 2 aromatic carbocycles. The van der Waals surface area contributed by atoms with Crippen LogP contribution in [0.4, 0.5) is 0 Å². The van der Waals surface area contributed by atoms with E-state index in [2.05, 4.69) is 44.2 Å². The van der Waals surface area contributed by atoms with E-state index >= 15 is 0 Å². The lowest BCUT2D eigenvalue weighted by Gasteiger charge is -2.12. The van der Waals surface area contributed by atoms with Crippen molar-refractivity contribution in [3.8, 4) is 5.75 Å². The fraction of sp³-hybridized carbons (Fsp3) is 0.333. The Morgan fingerprint density at radius 2 is 2.00 bits per heavy atom. The summed E-state index contributed by atoms with van der Waals surface area (Å²) in [6.07, 6.45) is 0.301. The van der Waals surface area contributed by atoms with Gasteiger partial charge in [0.25, 0.3) is 0 Å². The zero-order valence-electron chi connectivity index (χ0n) is 10.2. The second-order valence-corrected chi connectivity index (χ2v) is 4.64. The summed E-state index contributed by atoms with van der Waals surface area (Å²) < 4.78 is 11.0. The number of benzene rings is 2. The van der Waals surface area contributed by atoms with Crippen molar-refractivity contribution in [2.24, 2.45) is 0 Å². The third kappa shape index (κ3) is 2.01. The van der Waals surface area contributed by atoms with Crippen molar-refractivity contribution in [3.05, 3.63) is 41.5 Å². The maximum atomic E-state index is 5.85. The highest BCUT2D eigenvalue weighted by atomic mass is 16.6. The Morgan fingerprint density at radius 3 is 2.76 bits per heavy atom. The Kier molecular flexibility index (Phi) is 2.52. The lowest BCUT2D eigenvalue weighted by molar-refractivity contribution is 0.265. The number of epoxide rings is 1. The van der Waals surface area contributed by atoms with Crippen LogP contribution in [0.5, 0.6) is 5.75 Å². The highest BCUT2D eigenvalue weighted by Crippen LogP contribution is 2.31. The topological polar surface area (TPSA) is 21.8 Å². The molecular weight excluding hydrogens is 212 g/mol. The highest BCUT2D eigenvalue weighted by molar-refractivity contribution is 5.93. The normalized spacial score (nSPS) is 18.4. The average molecular weight is 228 g/mol. The summed E-state index contributed by atoms with van der Waals surface area (Å²) in [6.45, 7) is 5.76. The predicted octanol–water partition coefficient (Wildman–Crippen LogP) is 3.23. The van der Waals surface area contributed by atoms with Crippen LogP contribution in [0.3, 0.4) is 0 Å². The van der Waals surface area contributed by atoms with Gasteiger partial charge in [0.15, 0.2) is 0 Å². The lowest BCUT2D eigenvalue weighted by atomic mass is 10.0. The molecule has 0 N–H and O–H groups in total. The first-order chi connectivity index (χ1) is 8.25. The number of aryl methyl sites for hydroxylation is 2. The van der Waals surface area contributed by atoms with Crippen LogP contribution in [0.1, 0.15) is 11.1 Å². The molecule has 0 radical (unpaired) electrons. The van der Waals surface area contributed by atoms with Gasteiger partial charge in [0.2, 0.25) is 0 Å². The molecule has 1 aliphatic rings. The van der Waals surface area contributed by atoms with Crippen LogP contribution in [-0.4, -0.2) is 19.3 Å². The van der Waals surface area contributed by atoms with Crippen molar-refractivity contribution in [1.82, 2.24) is 0 Å². The van der Waals surface area contributed by atoms with Gasteiger partial charge in [-0.05, 0) is 36.4 Å². The molecule has 0 amide bonds. The van der Waals surface area contributed by atoms with E-state index in [-0.39, 0.29) is 0 Å². The maximum Gasteiger partial charge on any atom is 0.127 e. The van der Waals surface area contributed by atoms with Gasteiger partial charge in [-0.2, -0.15) is 0 Å². The summed E-state index contributed by atoms with van der Waals surface area (Å²) >= 11 is 0. The summed E-state index contributed by atoms with van der Waals surface area (Å²) in [5.74, 6) is 0.971. The van der Waals surface area contributed by atoms with Gasteiger partial charge in [-0.3, -0.25) is 0 Å². The van der Waals surface area contributed by atoms with Crippen molar-refractivity contribution in [2.45, 2.75) is 20.0 Å². The molecule has 0 saturated carbocycles. The molecule has 1 atom stereocenters. The molecule has 1 aliphatic heterocycles. The summed E-state index contributed by atoms with van der Waals surface area (Å²) in [7, 11) is 0. The van der Waals surface area contributed by atoms with Crippen LogP contribution in [0, 0.1) is 13.8 Å². The van der Waals surface area contributed by atoms with Crippen LogP contribution in [0.2, 0.25) is 0 Å². The van der Waals surface area contributed by atoms with Gasteiger partial charge in [-0.1, -0.05) is 24.3 Å². The third-order valence-corrected chi connectivity index (χ3v) is 3.26. The first kappa shape index (κ1) is 10.6. The van der Waals surface area contributed by atoms with E-state index < -0.39 is 0 Å². The van der Waals surface area contributed by atoms with Gasteiger partial charge in [0.1, 0.15) is 18.5 Å². The van der Waals surface area contributed by atoms with Gasteiger partial charge in [-0.15, -0.1) is 0 Å². The number of fused-ring (bicyclic) bond motifs is 1. The molecule has 2 heteroatoms. The first-order valence-electron chi connectivity index (χ1n) is 5.99. The Labute approximate surface area is 101 Å². The number of hydrogen-bond acceptors (Lipinski definition) is 2. The standard InChI is InChI=1S/C15H16O2/c1-10-6-7-14(17-9-12-8-16-12)15-11(2)4-3-5-13(10)15/h3-7,12H,8-9H2,1-2H3. The van der Waals surface area contributed by atoms with Gasteiger partial charge in [0.05, 0.1) is 6.61 Å². The second-order valence-electron chi connectivity index (χ2n) is 4.64. The molecule has 0 aromatic heterocycles. The predicted molar refractivity (Wildman–Crippen MR) is 68.7 cm³/mol. The van der Waals surface area contributed by atoms with Crippen LogP contribution >= 0.6 is 0 Å². The fourth-order valence-corrected chi connectivity index (χ4v) is 2.16. The smallest absolute Gasteiger partial charge is 0.127 e. The van der Waals surface area contributed by atoms with Gasteiger partial charge < -0.3 is 9.47 Å². The Bertz CT molecular complexity index is 556. The largest absolute Gasteiger partial charge is 0.490 e. The third-order valence-electron chi connectivity index (χ3n) is 3.26. The van der Waals surface area contributed by atoms with Gasteiger partial charge >= 0.3 is 0 Å². The van der Waals surface area contributed by atoms with E-state index in [1.165, 1.54) is 21.9 Å². The second kappa shape index (κ2) is 4.04. The molecular formula is C15H16O2. The lowest BCUT2D eigenvalue weighted by Crippen LogP contribution is -2.04. The number of ether oxygens (including phenoxy) is 2. The van der Waals surface area contributed by atoms with Crippen LogP contribution in [0.25, 0.3) is 10.8 Å². The summed E-state index contributed by atoms with van der Waals surface area (Å²) in [5, 5.41) is 2.51. The van der Waals surface area contributed by atoms with E-state index in [0.29, 0.717) is 12.7 Å². The van der Waals surface area contributed by atoms with Crippen molar-refractivity contribution in [2.75, 3.05) is 13.2 Å². The minimum absolute atomic E-state index is 0.301. The molecule has 1 unspecified atom stereocenters. The number of hydrogen-bond donors (Lipinski definition) is 0. The van der Waals surface area contributed by atoms with Crippen molar-refractivity contribution in [3.63, 3.8) is 0 Å². The summed E-state index contributed by atoms with van der Waals surface area (Å²) in [5.41, 5.74) is 2.55. The Balaban J connectivity index is 2.06. The molecule has 17 heavy (non-hydrogen) atoms.